The number of aromatic nitrogens is 2. The van der Waals surface area contributed by atoms with Crippen LogP contribution in [0.3, 0.4) is 0 Å². The van der Waals surface area contributed by atoms with Gasteiger partial charge in [0.2, 0.25) is 11.8 Å². The molecule has 6 nitrogen and oxygen atoms in total. The molecule has 1 aromatic heterocycles. The third-order valence-corrected chi connectivity index (χ3v) is 4.68. The summed E-state index contributed by atoms with van der Waals surface area (Å²) in [6.45, 7) is 6.57. The Morgan fingerprint density at radius 1 is 1.36 bits per heavy atom. The van der Waals surface area contributed by atoms with Gasteiger partial charge in [0.1, 0.15) is 0 Å². The van der Waals surface area contributed by atoms with Crippen LogP contribution >= 0.6 is 0 Å². The van der Waals surface area contributed by atoms with E-state index in [9.17, 15) is 4.79 Å². The third-order valence-electron chi connectivity index (χ3n) is 4.68. The summed E-state index contributed by atoms with van der Waals surface area (Å²) in [4.78, 5) is 19.1. The topological polar surface area (TPSA) is 71.3 Å². The van der Waals surface area contributed by atoms with Gasteiger partial charge in [-0.05, 0) is 38.8 Å². The minimum absolute atomic E-state index is 0.0480. The molecule has 2 heterocycles. The van der Waals surface area contributed by atoms with Crippen molar-refractivity contribution in [3.8, 4) is 0 Å². The molecule has 2 aromatic rings. The molecule has 1 aliphatic rings. The normalized spacial score (nSPS) is 18.4. The first-order chi connectivity index (χ1) is 12.1. The molecule has 0 unspecified atom stereocenters. The van der Waals surface area contributed by atoms with E-state index in [2.05, 4.69) is 34.2 Å². The van der Waals surface area contributed by atoms with Gasteiger partial charge in [-0.3, -0.25) is 4.79 Å². The van der Waals surface area contributed by atoms with Gasteiger partial charge in [-0.25, -0.2) is 0 Å². The van der Waals surface area contributed by atoms with E-state index < -0.39 is 0 Å². The average molecular weight is 342 g/mol. The molecule has 0 spiro atoms. The van der Waals surface area contributed by atoms with Crippen molar-refractivity contribution >= 4 is 5.91 Å². The smallest absolute Gasteiger partial charge is 0.231 e. The molecule has 1 N–H and O–H groups in total. The number of nitrogens with zero attached hydrogens (tertiary/aromatic N) is 3. The van der Waals surface area contributed by atoms with Crippen molar-refractivity contribution in [2.75, 3.05) is 13.1 Å². The standard InChI is InChI=1S/C19H26N4O2/c1-14(2)23-10-6-9-16(13-23)19(24)20-12-17-21-18(25-22-17)11-15-7-4-3-5-8-15/h3-5,7-8,14,16H,6,9-13H2,1-2H3,(H,20,24)/t16-/m0/s1. The second-order valence-electron chi connectivity index (χ2n) is 6.91. The number of hydrogen-bond donors (Lipinski definition) is 1. The molecule has 134 valence electrons. The molecule has 1 atom stereocenters. The summed E-state index contributed by atoms with van der Waals surface area (Å²) in [7, 11) is 0. The highest BCUT2D eigenvalue weighted by molar-refractivity contribution is 5.78. The van der Waals surface area contributed by atoms with Crippen molar-refractivity contribution < 1.29 is 9.32 Å². The largest absolute Gasteiger partial charge is 0.348 e. The number of carbonyl (C=O) groups is 1. The van der Waals surface area contributed by atoms with E-state index >= 15 is 0 Å². The molecule has 3 rings (SSSR count). The van der Waals surface area contributed by atoms with Gasteiger partial charge in [0.05, 0.1) is 18.9 Å². The summed E-state index contributed by atoms with van der Waals surface area (Å²) < 4.78 is 5.27. The number of nitrogens with one attached hydrogen (secondary N) is 1. The third kappa shape index (κ3) is 4.89. The Labute approximate surface area is 148 Å². The van der Waals surface area contributed by atoms with Crippen molar-refractivity contribution in [2.45, 2.75) is 45.7 Å². The first-order valence-electron chi connectivity index (χ1n) is 8.99. The zero-order valence-electron chi connectivity index (χ0n) is 14.9. The summed E-state index contributed by atoms with van der Waals surface area (Å²) in [5.74, 6) is 1.22. The second-order valence-corrected chi connectivity index (χ2v) is 6.91. The van der Waals surface area contributed by atoms with Crippen LogP contribution < -0.4 is 5.32 Å². The molecular formula is C19H26N4O2. The van der Waals surface area contributed by atoms with Crippen LogP contribution in [0.2, 0.25) is 0 Å². The minimum atomic E-state index is 0.0480. The lowest BCUT2D eigenvalue weighted by atomic mass is 9.96. The van der Waals surface area contributed by atoms with Crippen LogP contribution in [0.4, 0.5) is 0 Å². The minimum Gasteiger partial charge on any atom is -0.348 e. The van der Waals surface area contributed by atoms with Crippen LogP contribution in [0.15, 0.2) is 34.9 Å². The van der Waals surface area contributed by atoms with E-state index in [-0.39, 0.29) is 11.8 Å². The highest BCUT2D eigenvalue weighted by Gasteiger charge is 2.26. The molecule has 1 amide bonds. The van der Waals surface area contributed by atoms with Crippen LogP contribution in [0.5, 0.6) is 0 Å². The molecule has 0 aliphatic carbocycles. The van der Waals surface area contributed by atoms with Crippen molar-refractivity contribution in [1.29, 1.82) is 0 Å². The Bertz CT molecular complexity index is 684. The first-order valence-corrected chi connectivity index (χ1v) is 8.99. The van der Waals surface area contributed by atoms with E-state index in [1.807, 2.05) is 30.3 Å². The second kappa shape index (κ2) is 8.25. The maximum absolute atomic E-state index is 12.4. The van der Waals surface area contributed by atoms with Crippen molar-refractivity contribution in [3.05, 3.63) is 47.6 Å². The number of likely N-dealkylation sites (tertiary alicyclic amines) is 1. The Kier molecular flexibility index (Phi) is 5.81. The first kappa shape index (κ1) is 17.6. The van der Waals surface area contributed by atoms with Crippen molar-refractivity contribution in [1.82, 2.24) is 20.4 Å². The highest BCUT2D eigenvalue weighted by Crippen LogP contribution is 2.18. The quantitative estimate of drug-likeness (QED) is 0.873. The molecule has 6 heteroatoms. The summed E-state index contributed by atoms with van der Waals surface area (Å²) >= 11 is 0. The SMILES string of the molecule is CC(C)N1CCC[C@H](C(=O)NCc2noc(Cc3ccccc3)n2)C1. The molecular weight excluding hydrogens is 316 g/mol. The maximum Gasteiger partial charge on any atom is 0.231 e. The van der Waals surface area contributed by atoms with Gasteiger partial charge >= 0.3 is 0 Å². The molecule has 1 aliphatic heterocycles. The van der Waals surface area contributed by atoms with Crippen molar-refractivity contribution in [2.24, 2.45) is 5.92 Å². The Morgan fingerprint density at radius 2 is 2.16 bits per heavy atom. The summed E-state index contributed by atoms with van der Waals surface area (Å²) in [6.07, 6.45) is 2.62. The van der Waals surface area contributed by atoms with Gasteiger partial charge < -0.3 is 14.7 Å². The van der Waals surface area contributed by atoms with Crippen molar-refractivity contribution in [3.63, 3.8) is 0 Å². The van der Waals surface area contributed by atoms with Crippen LogP contribution in [0, 0.1) is 5.92 Å². The van der Waals surface area contributed by atoms with Crippen LogP contribution in [0.1, 0.15) is 44.0 Å². The fourth-order valence-corrected chi connectivity index (χ4v) is 3.20. The fourth-order valence-electron chi connectivity index (χ4n) is 3.20. The summed E-state index contributed by atoms with van der Waals surface area (Å²) in [5.41, 5.74) is 1.12. The van der Waals surface area contributed by atoms with Crippen LogP contribution in [0.25, 0.3) is 0 Å². The molecule has 0 saturated carbocycles. The molecule has 25 heavy (non-hydrogen) atoms. The van der Waals surface area contributed by atoms with Gasteiger partial charge in [0.15, 0.2) is 5.82 Å². The molecule has 0 bridgehead atoms. The number of hydrogen-bond acceptors (Lipinski definition) is 5. The zero-order valence-corrected chi connectivity index (χ0v) is 14.9. The Balaban J connectivity index is 1.49. The lowest BCUT2D eigenvalue weighted by Crippen LogP contribution is -2.45. The van der Waals surface area contributed by atoms with Gasteiger partial charge in [0, 0.05) is 12.6 Å². The number of piperidine rings is 1. The summed E-state index contributed by atoms with van der Waals surface area (Å²) in [5, 5.41) is 6.92. The van der Waals surface area contributed by atoms with E-state index in [0.717, 1.165) is 31.5 Å². The number of amides is 1. The lowest BCUT2D eigenvalue weighted by Gasteiger charge is -2.34. The van der Waals surface area contributed by atoms with E-state index in [4.69, 9.17) is 4.52 Å². The lowest BCUT2D eigenvalue weighted by molar-refractivity contribution is -0.127. The Morgan fingerprint density at radius 3 is 2.92 bits per heavy atom. The predicted octanol–water partition coefficient (Wildman–Crippen LogP) is 2.40. The van der Waals surface area contributed by atoms with Crippen LogP contribution in [-0.2, 0) is 17.8 Å². The fraction of sp³-hybridized carbons (Fsp3) is 0.526. The molecule has 0 radical (unpaired) electrons. The number of rotatable bonds is 6. The molecule has 1 aromatic carbocycles. The van der Waals surface area contributed by atoms with E-state index in [1.165, 1.54) is 0 Å². The van der Waals surface area contributed by atoms with Gasteiger partial charge in [0.25, 0.3) is 0 Å². The molecule has 1 fully saturated rings. The van der Waals surface area contributed by atoms with Gasteiger partial charge in [-0.1, -0.05) is 35.5 Å². The zero-order chi connectivity index (χ0) is 17.6. The van der Waals surface area contributed by atoms with Gasteiger partial charge in [-0.15, -0.1) is 0 Å². The van der Waals surface area contributed by atoms with E-state index in [1.54, 1.807) is 0 Å². The predicted molar refractivity (Wildman–Crippen MR) is 94.8 cm³/mol. The maximum atomic E-state index is 12.4. The monoisotopic (exact) mass is 342 g/mol. The van der Waals surface area contributed by atoms with Gasteiger partial charge in [-0.2, -0.15) is 4.98 Å². The number of carbonyl (C=O) groups excluding carboxylic acids is 1. The average Bonchev–Trinajstić information content (AvgIpc) is 3.08. The van der Waals surface area contributed by atoms with E-state index in [0.29, 0.717) is 30.7 Å². The summed E-state index contributed by atoms with van der Waals surface area (Å²) in [6, 6.07) is 10.5. The highest BCUT2D eigenvalue weighted by atomic mass is 16.5. The number of benzene rings is 1. The molecule has 1 saturated heterocycles. The van der Waals surface area contributed by atoms with Crippen LogP contribution in [-0.4, -0.2) is 40.1 Å². The Hall–Kier alpha value is -2.21.